The second-order valence-electron chi connectivity index (χ2n) is 4.46. The van der Waals surface area contributed by atoms with E-state index in [1.54, 1.807) is 25.3 Å². The molecule has 0 aliphatic carbocycles. The van der Waals surface area contributed by atoms with Crippen molar-refractivity contribution >= 4 is 11.7 Å². The molecule has 2 N–H and O–H groups in total. The van der Waals surface area contributed by atoms with Gasteiger partial charge in [0, 0.05) is 18.8 Å². The fourth-order valence-corrected chi connectivity index (χ4v) is 2.08. The van der Waals surface area contributed by atoms with Crippen molar-refractivity contribution in [2.24, 2.45) is 0 Å². The summed E-state index contributed by atoms with van der Waals surface area (Å²) in [6.07, 6.45) is 5.52. The maximum absolute atomic E-state index is 11.7. The van der Waals surface area contributed by atoms with Crippen molar-refractivity contribution in [2.45, 2.75) is 26.7 Å². The summed E-state index contributed by atoms with van der Waals surface area (Å²) in [7, 11) is 0. The first-order valence-corrected chi connectivity index (χ1v) is 6.76. The summed E-state index contributed by atoms with van der Waals surface area (Å²) in [4.78, 5) is 16.0. The molecular weight excluding hydrogens is 254 g/mol. The molecule has 0 aliphatic heterocycles. The van der Waals surface area contributed by atoms with E-state index in [0.717, 1.165) is 24.4 Å². The zero-order valence-corrected chi connectivity index (χ0v) is 11.8. The number of imidazole rings is 1. The molecular formula is C15H19N3O2. The number of aryl methyl sites for hydroxylation is 1. The van der Waals surface area contributed by atoms with Crippen molar-refractivity contribution in [1.82, 2.24) is 9.55 Å². The van der Waals surface area contributed by atoms with Crippen LogP contribution in [0.3, 0.4) is 0 Å². The molecule has 0 fully saturated rings. The summed E-state index contributed by atoms with van der Waals surface area (Å²) in [5, 5.41) is 0. The Kier molecular flexibility index (Phi) is 4.40. The fraction of sp³-hybridized carbons (Fsp3) is 0.333. The van der Waals surface area contributed by atoms with Gasteiger partial charge in [0.2, 0.25) is 0 Å². The van der Waals surface area contributed by atoms with Gasteiger partial charge >= 0.3 is 5.97 Å². The summed E-state index contributed by atoms with van der Waals surface area (Å²) < 4.78 is 6.91. The topological polar surface area (TPSA) is 70.1 Å². The zero-order valence-electron chi connectivity index (χ0n) is 11.8. The number of aromatic nitrogens is 2. The van der Waals surface area contributed by atoms with Crippen molar-refractivity contribution in [3.8, 4) is 5.69 Å². The summed E-state index contributed by atoms with van der Waals surface area (Å²) in [6, 6.07) is 5.19. The summed E-state index contributed by atoms with van der Waals surface area (Å²) in [5.41, 5.74) is 7.88. The molecule has 0 bridgehead atoms. The lowest BCUT2D eigenvalue weighted by Gasteiger charge is -2.11. The normalized spacial score (nSPS) is 10.5. The van der Waals surface area contributed by atoms with E-state index in [1.807, 2.05) is 16.8 Å². The number of carbonyl (C=O) groups excluding carboxylic acids is 1. The Hall–Kier alpha value is -2.30. The van der Waals surface area contributed by atoms with Gasteiger partial charge in [0.25, 0.3) is 0 Å². The molecule has 1 heterocycles. The monoisotopic (exact) mass is 273 g/mol. The van der Waals surface area contributed by atoms with Crippen molar-refractivity contribution in [3.63, 3.8) is 0 Å². The maximum atomic E-state index is 11.7. The van der Waals surface area contributed by atoms with Crippen LogP contribution in [0.25, 0.3) is 5.69 Å². The molecule has 20 heavy (non-hydrogen) atoms. The maximum Gasteiger partial charge on any atom is 0.338 e. The molecule has 0 unspecified atom stereocenters. The van der Waals surface area contributed by atoms with Crippen LogP contribution in [0.4, 0.5) is 5.69 Å². The average molecular weight is 273 g/mol. The summed E-state index contributed by atoms with van der Waals surface area (Å²) >= 11 is 0. The Labute approximate surface area is 118 Å². The number of rotatable bonds is 5. The highest BCUT2D eigenvalue weighted by Crippen LogP contribution is 2.21. The minimum atomic E-state index is -0.356. The molecule has 0 radical (unpaired) electrons. The van der Waals surface area contributed by atoms with Crippen molar-refractivity contribution in [3.05, 3.63) is 42.0 Å². The molecule has 1 aromatic heterocycles. The number of ether oxygens (including phenoxy) is 1. The molecule has 5 nitrogen and oxygen atoms in total. The van der Waals surface area contributed by atoms with Gasteiger partial charge in [-0.05, 0) is 31.5 Å². The van der Waals surface area contributed by atoms with E-state index in [0.29, 0.717) is 17.9 Å². The number of hydrogen-bond acceptors (Lipinski definition) is 4. The van der Waals surface area contributed by atoms with Gasteiger partial charge < -0.3 is 15.0 Å². The van der Waals surface area contributed by atoms with E-state index < -0.39 is 0 Å². The van der Waals surface area contributed by atoms with Crippen molar-refractivity contribution in [1.29, 1.82) is 0 Å². The Bertz CT molecular complexity index is 605. The van der Waals surface area contributed by atoms with Gasteiger partial charge in [0.15, 0.2) is 0 Å². The molecule has 106 valence electrons. The molecule has 2 rings (SSSR count). The predicted octanol–water partition coefficient (Wildman–Crippen LogP) is 2.58. The third-order valence-electron chi connectivity index (χ3n) is 2.99. The first kappa shape index (κ1) is 14.1. The number of hydrogen-bond donors (Lipinski definition) is 1. The second-order valence-corrected chi connectivity index (χ2v) is 4.46. The van der Waals surface area contributed by atoms with E-state index in [2.05, 4.69) is 11.9 Å². The minimum Gasteiger partial charge on any atom is -0.462 e. The molecule has 0 atom stereocenters. The van der Waals surface area contributed by atoms with Gasteiger partial charge in [0.05, 0.1) is 23.5 Å². The Morgan fingerprint density at radius 2 is 2.20 bits per heavy atom. The van der Waals surface area contributed by atoms with E-state index in [4.69, 9.17) is 10.5 Å². The molecule has 0 amide bonds. The van der Waals surface area contributed by atoms with E-state index >= 15 is 0 Å². The SMILES string of the molecule is CCCc1nccn1-c1ccc(C(=O)OCC)cc1N. The first-order valence-electron chi connectivity index (χ1n) is 6.76. The van der Waals surface area contributed by atoms with Crippen LogP contribution in [0.2, 0.25) is 0 Å². The second kappa shape index (κ2) is 6.23. The quantitative estimate of drug-likeness (QED) is 0.671. The molecule has 0 saturated heterocycles. The van der Waals surface area contributed by atoms with Gasteiger partial charge in [-0.2, -0.15) is 0 Å². The standard InChI is InChI=1S/C15H19N3O2/c1-3-5-14-17-8-9-18(14)13-7-6-11(10-12(13)16)15(19)20-4-2/h6-10H,3-5,16H2,1-2H3. The van der Waals surface area contributed by atoms with Gasteiger partial charge in [-0.25, -0.2) is 9.78 Å². The molecule has 0 spiro atoms. The highest BCUT2D eigenvalue weighted by molar-refractivity contribution is 5.91. The third-order valence-corrected chi connectivity index (χ3v) is 2.99. The lowest BCUT2D eigenvalue weighted by atomic mass is 10.1. The van der Waals surface area contributed by atoms with Crippen LogP contribution < -0.4 is 5.73 Å². The average Bonchev–Trinajstić information content (AvgIpc) is 2.87. The molecule has 0 aliphatic rings. The number of nitrogen functional groups attached to an aromatic ring is 1. The number of esters is 1. The number of carbonyl (C=O) groups is 1. The van der Waals surface area contributed by atoms with Gasteiger partial charge in [-0.15, -0.1) is 0 Å². The van der Waals surface area contributed by atoms with Gasteiger partial charge in [0.1, 0.15) is 5.82 Å². The van der Waals surface area contributed by atoms with Crippen LogP contribution in [-0.4, -0.2) is 22.1 Å². The van der Waals surface area contributed by atoms with E-state index in [9.17, 15) is 4.79 Å². The van der Waals surface area contributed by atoms with Gasteiger partial charge in [-0.3, -0.25) is 0 Å². The zero-order chi connectivity index (χ0) is 14.5. The summed E-state index contributed by atoms with van der Waals surface area (Å²) in [6.45, 7) is 4.23. The molecule has 2 aromatic rings. The van der Waals surface area contributed by atoms with Crippen molar-refractivity contribution < 1.29 is 9.53 Å². The lowest BCUT2D eigenvalue weighted by Crippen LogP contribution is -2.08. The van der Waals surface area contributed by atoms with E-state index in [-0.39, 0.29) is 5.97 Å². The first-order chi connectivity index (χ1) is 9.67. The fourth-order valence-electron chi connectivity index (χ4n) is 2.08. The molecule has 5 heteroatoms. The predicted molar refractivity (Wildman–Crippen MR) is 77.9 cm³/mol. The smallest absolute Gasteiger partial charge is 0.338 e. The van der Waals surface area contributed by atoms with Crippen LogP contribution in [-0.2, 0) is 11.2 Å². The Balaban J connectivity index is 2.34. The highest BCUT2D eigenvalue weighted by Gasteiger charge is 2.11. The van der Waals surface area contributed by atoms with Crippen LogP contribution in [0.15, 0.2) is 30.6 Å². The largest absolute Gasteiger partial charge is 0.462 e. The molecule has 1 aromatic carbocycles. The number of benzene rings is 1. The third kappa shape index (κ3) is 2.82. The number of anilines is 1. The minimum absolute atomic E-state index is 0.350. The van der Waals surface area contributed by atoms with Crippen LogP contribution in [0, 0.1) is 0 Å². The number of nitrogens with zero attached hydrogens (tertiary/aromatic N) is 2. The summed E-state index contributed by atoms with van der Waals surface area (Å²) in [5.74, 6) is 0.605. The molecule has 0 saturated carbocycles. The Morgan fingerprint density at radius 1 is 1.40 bits per heavy atom. The van der Waals surface area contributed by atoms with Crippen LogP contribution in [0.1, 0.15) is 36.5 Å². The van der Waals surface area contributed by atoms with Crippen molar-refractivity contribution in [2.75, 3.05) is 12.3 Å². The van der Waals surface area contributed by atoms with Gasteiger partial charge in [-0.1, -0.05) is 6.92 Å². The Morgan fingerprint density at radius 3 is 2.85 bits per heavy atom. The van der Waals surface area contributed by atoms with E-state index in [1.165, 1.54) is 0 Å². The van der Waals surface area contributed by atoms with Crippen LogP contribution in [0.5, 0.6) is 0 Å². The van der Waals surface area contributed by atoms with Crippen LogP contribution >= 0.6 is 0 Å². The highest BCUT2D eigenvalue weighted by atomic mass is 16.5. The number of nitrogens with two attached hydrogens (primary N) is 1. The lowest BCUT2D eigenvalue weighted by molar-refractivity contribution is 0.0526.